The first-order valence-electron chi connectivity index (χ1n) is 9.22. The molecule has 6 nitrogen and oxygen atoms in total. The number of nitrogens with one attached hydrogen (secondary N) is 1. The molecule has 1 aliphatic rings. The fourth-order valence-electron chi connectivity index (χ4n) is 3.41. The van der Waals surface area contributed by atoms with E-state index in [1.165, 1.54) is 11.1 Å². The standard InChI is InChI=1S/C21H23N5O/c1-16-4-2-3-5-18(16)15-25-10-12-26(13-11-25)21(27)20-14-19(23-24-20)17-6-8-22-9-7-17/h2-9,14H,10-13,15H2,1H3,(H,23,24). The van der Waals surface area contributed by atoms with Gasteiger partial charge in [-0.1, -0.05) is 24.3 Å². The molecule has 2 aromatic heterocycles. The highest BCUT2D eigenvalue weighted by Gasteiger charge is 2.23. The second-order valence-electron chi connectivity index (χ2n) is 6.90. The van der Waals surface area contributed by atoms with Crippen LogP contribution in [0.4, 0.5) is 0 Å². The maximum absolute atomic E-state index is 12.8. The number of carbonyl (C=O) groups is 1. The van der Waals surface area contributed by atoms with Crippen molar-refractivity contribution in [3.63, 3.8) is 0 Å². The summed E-state index contributed by atoms with van der Waals surface area (Å²) in [5, 5.41) is 7.16. The van der Waals surface area contributed by atoms with Gasteiger partial charge in [0.25, 0.3) is 5.91 Å². The van der Waals surface area contributed by atoms with Gasteiger partial charge >= 0.3 is 0 Å². The molecule has 0 bridgehead atoms. The first-order valence-corrected chi connectivity index (χ1v) is 9.22. The minimum atomic E-state index is 0.0124. The van der Waals surface area contributed by atoms with Crippen molar-refractivity contribution in [1.82, 2.24) is 25.0 Å². The van der Waals surface area contributed by atoms with Gasteiger partial charge in [0.1, 0.15) is 5.69 Å². The van der Waals surface area contributed by atoms with E-state index in [9.17, 15) is 4.79 Å². The molecule has 1 aliphatic heterocycles. The number of carbonyl (C=O) groups excluding carboxylic acids is 1. The highest BCUT2D eigenvalue weighted by molar-refractivity contribution is 5.93. The Balaban J connectivity index is 1.36. The molecule has 0 unspecified atom stereocenters. The number of piperazine rings is 1. The van der Waals surface area contributed by atoms with Crippen LogP contribution >= 0.6 is 0 Å². The number of hydrogen-bond donors (Lipinski definition) is 1. The molecular weight excluding hydrogens is 338 g/mol. The fraction of sp³-hybridized carbons (Fsp3) is 0.286. The van der Waals surface area contributed by atoms with Gasteiger partial charge in [0.2, 0.25) is 0 Å². The summed E-state index contributed by atoms with van der Waals surface area (Å²) in [5.41, 5.74) is 4.92. The second-order valence-corrected chi connectivity index (χ2v) is 6.90. The van der Waals surface area contributed by atoms with E-state index in [-0.39, 0.29) is 5.91 Å². The lowest BCUT2D eigenvalue weighted by atomic mass is 10.1. The third-order valence-corrected chi connectivity index (χ3v) is 5.10. The van der Waals surface area contributed by atoms with E-state index in [2.05, 4.69) is 51.3 Å². The van der Waals surface area contributed by atoms with Gasteiger partial charge in [-0.2, -0.15) is 5.10 Å². The zero-order valence-electron chi connectivity index (χ0n) is 15.4. The lowest BCUT2D eigenvalue weighted by Gasteiger charge is -2.34. The maximum Gasteiger partial charge on any atom is 0.271 e. The highest BCUT2D eigenvalue weighted by Crippen LogP contribution is 2.18. The van der Waals surface area contributed by atoms with Gasteiger partial charge < -0.3 is 4.90 Å². The first kappa shape index (κ1) is 17.4. The van der Waals surface area contributed by atoms with Crippen LogP contribution in [0.25, 0.3) is 11.3 Å². The molecule has 0 radical (unpaired) electrons. The van der Waals surface area contributed by atoms with Crippen molar-refractivity contribution in [2.75, 3.05) is 26.2 Å². The topological polar surface area (TPSA) is 65.1 Å². The van der Waals surface area contributed by atoms with Crippen molar-refractivity contribution in [3.05, 3.63) is 71.7 Å². The van der Waals surface area contributed by atoms with Crippen molar-refractivity contribution in [3.8, 4) is 11.3 Å². The first-order chi connectivity index (χ1) is 13.2. The molecule has 0 saturated carbocycles. The minimum absolute atomic E-state index is 0.0124. The number of aromatic nitrogens is 3. The number of aromatic amines is 1. The Labute approximate surface area is 158 Å². The lowest BCUT2D eigenvalue weighted by molar-refractivity contribution is 0.0622. The van der Waals surface area contributed by atoms with Crippen LogP contribution in [0.1, 0.15) is 21.6 Å². The smallest absolute Gasteiger partial charge is 0.271 e. The van der Waals surface area contributed by atoms with Gasteiger partial charge in [-0.05, 0) is 36.2 Å². The molecule has 1 saturated heterocycles. The van der Waals surface area contributed by atoms with Crippen LogP contribution in [0, 0.1) is 6.92 Å². The Kier molecular flexibility index (Phi) is 4.98. The molecule has 1 N–H and O–H groups in total. The molecule has 0 atom stereocenters. The molecule has 3 aromatic rings. The number of pyridine rings is 1. The Morgan fingerprint density at radius 1 is 1.07 bits per heavy atom. The fourth-order valence-corrected chi connectivity index (χ4v) is 3.41. The number of H-pyrrole nitrogens is 1. The second kappa shape index (κ2) is 7.72. The van der Waals surface area contributed by atoms with Crippen LogP contribution in [-0.2, 0) is 6.54 Å². The molecule has 6 heteroatoms. The monoisotopic (exact) mass is 361 g/mol. The van der Waals surface area contributed by atoms with Gasteiger partial charge in [0.15, 0.2) is 0 Å². The lowest BCUT2D eigenvalue weighted by Crippen LogP contribution is -2.48. The van der Waals surface area contributed by atoms with Crippen LogP contribution in [-0.4, -0.2) is 57.1 Å². The molecular formula is C21H23N5O. The highest BCUT2D eigenvalue weighted by atomic mass is 16.2. The molecule has 27 heavy (non-hydrogen) atoms. The third-order valence-electron chi connectivity index (χ3n) is 5.10. The SMILES string of the molecule is Cc1ccccc1CN1CCN(C(=O)c2cc(-c3ccncc3)n[nH]2)CC1. The average molecular weight is 361 g/mol. The van der Waals surface area contributed by atoms with Crippen molar-refractivity contribution < 1.29 is 4.79 Å². The molecule has 1 fully saturated rings. The predicted molar refractivity (Wildman–Crippen MR) is 104 cm³/mol. The average Bonchev–Trinajstić information content (AvgIpc) is 3.21. The number of hydrogen-bond acceptors (Lipinski definition) is 4. The number of benzene rings is 1. The van der Waals surface area contributed by atoms with Crippen LogP contribution in [0.15, 0.2) is 54.9 Å². The van der Waals surface area contributed by atoms with Crippen molar-refractivity contribution in [1.29, 1.82) is 0 Å². The number of nitrogens with zero attached hydrogens (tertiary/aromatic N) is 4. The Morgan fingerprint density at radius 3 is 2.56 bits per heavy atom. The van der Waals surface area contributed by atoms with E-state index in [4.69, 9.17) is 0 Å². The summed E-state index contributed by atoms with van der Waals surface area (Å²) in [6.45, 7) is 6.30. The van der Waals surface area contributed by atoms with Crippen molar-refractivity contribution in [2.24, 2.45) is 0 Å². The van der Waals surface area contributed by atoms with E-state index in [0.717, 1.165) is 44.0 Å². The summed E-state index contributed by atoms with van der Waals surface area (Å²) in [6.07, 6.45) is 3.44. The molecule has 1 amide bonds. The predicted octanol–water partition coefficient (Wildman–Crippen LogP) is 2.74. The normalized spacial score (nSPS) is 15.1. The number of amides is 1. The van der Waals surface area contributed by atoms with E-state index in [1.54, 1.807) is 12.4 Å². The molecule has 1 aromatic carbocycles. The summed E-state index contributed by atoms with van der Waals surface area (Å²) in [7, 11) is 0. The summed E-state index contributed by atoms with van der Waals surface area (Å²) in [5.74, 6) is 0.0124. The maximum atomic E-state index is 12.8. The van der Waals surface area contributed by atoms with E-state index in [0.29, 0.717) is 5.69 Å². The largest absolute Gasteiger partial charge is 0.335 e. The van der Waals surface area contributed by atoms with Crippen molar-refractivity contribution >= 4 is 5.91 Å². The minimum Gasteiger partial charge on any atom is -0.335 e. The van der Waals surface area contributed by atoms with Crippen LogP contribution < -0.4 is 0 Å². The molecule has 0 aliphatic carbocycles. The quantitative estimate of drug-likeness (QED) is 0.776. The van der Waals surface area contributed by atoms with Crippen LogP contribution in [0.5, 0.6) is 0 Å². The number of rotatable bonds is 4. The molecule has 3 heterocycles. The van der Waals surface area contributed by atoms with Crippen LogP contribution in [0.2, 0.25) is 0 Å². The zero-order valence-corrected chi connectivity index (χ0v) is 15.4. The van der Waals surface area contributed by atoms with E-state index in [1.807, 2.05) is 23.1 Å². The Hall–Kier alpha value is -2.99. The molecule has 4 rings (SSSR count). The van der Waals surface area contributed by atoms with E-state index >= 15 is 0 Å². The summed E-state index contributed by atoms with van der Waals surface area (Å²) in [4.78, 5) is 21.1. The summed E-state index contributed by atoms with van der Waals surface area (Å²) in [6, 6.07) is 14.1. The van der Waals surface area contributed by atoms with Gasteiger partial charge in [-0.15, -0.1) is 0 Å². The van der Waals surface area contributed by atoms with Gasteiger partial charge in [-0.25, -0.2) is 0 Å². The Morgan fingerprint density at radius 2 is 1.81 bits per heavy atom. The van der Waals surface area contributed by atoms with E-state index < -0.39 is 0 Å². The van der Waals surface area contributed by atoms with Crippen LogP contribution in [0.3, 0.4) is 0 Å². The molecule has 0 spiro atoms. The van der Waals surface area contributed by atoms with Gasteiger partial charge in [0.05, 0.1) is 5.69 Å². The number of aryl methyl sites for hydroxylation is 1. The zero-order chi connectivity index (χ0) is 18.6. The van der Waals surface area contributed by atoms with Crippen molar-refractivity contribution in [2.45, 2.75) is 13.5 Å². The van der Waals surface area contributed by atoms with Gasteiger partial charge in [-0.3, -0.25) is 19.8 Å². The Bertz CT molecular complexity index is 913. The summed E-state index contributed by atoms with van der Waals surface area (Å²) >= 11 is 0. The summed E-state index contributed by atoms with van der Waals surface area (Å²) < 4.78 is 0. The third kappa shape index (κ3) is 3.90. The molecule has 138 valence electrons. The van der Waals surface area contributed by atoms with Gasteiger partial charge in [0, 0.05) is 50.7 Å².